The summed E-state index contributed by atoms with van der Waals surface area (Å²) in [6.45, 7) is 1.96. The van der Waals surface area contributed by atoms with Gasteiger partial charge in [0.15, 0.2) is 11.6 Å². The van der Waals surface area contributed by atoms with Gasteiger partial charge in [-0.1, -0.05) is 24.1 Å². The number of carbonyl (C=O) groups excluding carboxylic acids is 2. The first-order valence-corrected chi connectivity index (χ1v) is 11.9. The summed E-state index contributed by atoms with van der Waals surface area (Å²) in [5.74, 6) is 1.34. The SMILES string of the molecule is Cc1nc(-c2ccccn2)nc2c(C(=O)CC3=CCCC(CCCC=O)CC3)csc12. The number of Topliss-reactive ketones (excluding diaryl/α,β-unsaturated/α-hetero) is 1. The van der Waals surface area contributed by atoms with Crippen LogP contribution in [0.1, 0.15) is 67.4 Å². The number of aryl methyl sites for hydroxylation is 1. The maximum atomic E-state index is 13.2. The first-order chi connectivity index (χ1) is 15.2. The highest BCUT2D eigenvalue weighted by atomic mass is 32.1. The third-order valence-corrected chi connectivity index (χ3v) is 7.06. The molecule has 0 aliphatic heterocycles. The number of hydrogen-bond donors (Lipinski definition) is 0. The Kier molecular flexibility index (Phi) is 6.97. The molecule has 5 nitrogen and oxygen atoms in total. The van der Waals surface area contributed by atoms with Crippen LogP contribution in [0.4, 0.5) is 0 Å². The van der Waals surface area contributed by atoms with Crippen molar-refractivity contribution in [3.63, 3.8) is 0 Å². The zero-order chi connectivity index (χ0) is 21.6. The maximum Gasteiger partial charge on any atom is 0.179 e. The third kappa shape index (κ3) is 5.13. The highest BCUT2D eigenvalue weighted by Crippen LogP contribution is 2.32. The van der Waals surface area contributed by atoms with Gasteiger partial charge in [-0.05, 0) is 57.1 Å². The summed E-state index contributed by atoms with van der Waals surface area (Å²) in [4.78, 5) is 37.4. The van der Waals surface area contributed by atoms with Crippen LogP contribution in [0.2, 0.25) is 0 Å². The molecule has 0 spiro atoms. The number of thiophene rings is 1. The highest BCUT2D eigenvalue weighted by Gasteiger charge is 2.20. The van der Waals surface area contributed by atoms with Gasteiger partial charge in [0.2, 0.25) is 0 Å². The van der Waals surface area contributed by atoms with Crippen molar-refractivity contribution in [1.29, 1.82) is 0 Å². The Morgan fingerprint density at radius 3 is 2.97 bits per heavy atom. The molecule has 0 bridgehead atoms. The van der Waals surface area contributed by atoms with E-state index in [1.165, 1.54) is 16.9 Å². The molecule has 0 saturated carbocycles. The zero-order valence-corrected chi connectivity index (χ0v) is 18.7. The fraction of sp³-hybridized carbons (Fsp3) is 0.400. The Labute approximate surface area is 186 Å². The van der Waals surface area contributed by atoms with E-state index in [2.05, 4.69) is 16.0 Å². The van der Waals surface area contributed by atoms with Crippen molar-refractivity contribution in [1.82, 2.24) is 15.0 Å². The summed E-state index contributed by atoms with van der Waals surface area (Å²) >= 11 is 1.54. The predicted octanol–water partition coefficient (Wildman–Crippen LogP) is 6.12. The highest BCUT2D eigenvalue weighted by molar-refractivity contribution is 7.17. The van der Waals surface area contributed by atoms with Crippen molar-refractivity contribution in [2.45, 2.75) is 58.3 Å². The number of allylic oxidation sites excluding steroid dienone is 2. The monoisotopic (exact) mass is 433 g/mol. The average Bonchev–Trinajstić information content (AvgIpc) is 3.10. The van der Waals surface area contributed by atoms with Crippen LogP contribution < -0.4 is 0 Å². The first kappa shape index (κ1) is 21.5. The summed E-state index contributed by atoms with van der Waals surface area (Å²) in [5, 5.41) is 1.93. The van der Waals surface area contributed by atoms with Crippen LogP contribution in [0.5, 0.6) is 0 Å². The van der Waals surface area contributed by atoms with E-state index in [1.54, 1.807) is 6.20 Å². The van der Waals surface area contributed by atoms with Crippen molar-refractivity contribution < 1.29 is 9.59 Å². The third-order valence-electron chi connectivity index (χ3n) is 5.98. The Bertz CT molecular complexity index is 1100. The molecule has 160 valence electrons. The molecule has 1 aliphatic carbocycles. The molecule has 3 heterocycles. The Hall–Kier alpha value is -2.73. The number of unbranched alkanes of at least 4 members (excludes halogenated alkanes) is 1. The summed E-state index contributed by atoms with van der Waals surface area (Å²) in [5.41, 5.74) is 4.25. The zero-order valence-electron chi connectivity index (χ0n) is 17.8. The largest absolute Gasteiger partial charge is 0.303 e. The van der Waals surface area contributed by atoms with Gasteiger partial charge in [-0.2, -0.15) is 0 Å². The lowest BCUT2D eigenvalue weighted by Gasteiger charge is -2.13. The van der Waals surface area contributed by atoms with E-state index in [0.29, 0.717) is 35.8 Å². The predicted molar refractivity (Wildman–Crippen MR) is 124 cm³/mol. The van der Waals surface area contributed by atoms with Gasteiger partial charge in [0.1, 0.15) is 12.0 Å². The van der Waals surface area contributed by atoms with Crippen molar-refractivity contribution in [2.75, 3.05) is 0 Å². The maximum absolute atomic E-state index is 13.2. The summed E-state index contributed by atoms with van der Waals surface area (Å²) in [7, 11) is 0. The number of hydrogen-bond acceptors (Lipinski definition) is 6. The molecule has 1 unspecified atom stereocenters. The molecule has 6 heteroatoms. The second-order valence-electron chi connectivity index (χ2n) is 8.22. The molecule has 4 rings (SSSR count). The van der Waals surface area contributed by atoms with Crippen LogP contribution in [0.3, 0.4) is 0 Å². The van der Waals surface area contributed by atoms with E-state index in [-0.39, 0.29) is 5.78 Å². The number of pyridine rings is 1. The molecule has 0 N–H and O–H groups in total. The molecular weight excluding hydrogens is 406 g/mol. The van der Waals surface area contributed by atoms with Crippen molar-refractivity contribution >= 4 is 33.6 Å². The van der Waals surface area contributed by atoms with Gasteiger partial charge in [0.05, 0.1) is 21.5 Å². The molecule has 0 aromatic carbocycles. The lowest BCUT2D eigenvalue weighted by Crippen LogP contribution is -2.03. The lowest BCUT2D eigenvalue weighted by atomic mass is 9.92. The second kappa shape index (κ2) is 10.1. The standard InChI is InChI=1S/C25H27N3O2S/c1-17-24-23(28-25(27-17)21-10-2-4-13-26-21)20(16-31-24)22(30)15-19-9-6-8-18(11-12-19)7-3-5-14-29/h2,4,9-10,13-14,16,18H,3,5-8,11-12,15H2,1H3. The number of aromatic nitrogens is 3. The Morgan fingerprint density at radius 1 is 1.26 bits per heavy atom. The smallest absolute Gasteiger partial charge is 0.179 e. The van der Waals surface area contributed by atoms with Crippen LogP contribution in [-0.4, -0.2) is 27.0 Å². The minimum Gasteiger partial charge on any atom is -0.303 e. The molecule has 0 radical (unpaired) electrons. The molecule has 0 fully saturated rings. The van der Waals surface area contributed by atoms with Gasteiger partial charge in [-0.3, -0.25) is 9.78 Å². The van der Waals surface area contributed by atoms with Gasteiger partial charge >= 0.3 is 0 Å². The summed E-state index contributed by atoms with van der Waals surface area (Å²) < 4.78 is 0.966. The molecule has 0 saturated heterocycles. The average molecular weight is 434 g/mol. The number of ketones is 1. The van der Waals surface area contributed by atoms with Crippen LogP contribution in [0.15, 0.2) is 41.4 Å². The quantitative estimate of drug-likeness (QED) is 0.185. The molecule has 31 heavy (non-hydrogen) atoms. The van der Waals surface area contributed by atoms with Gasteiger partial charge < -0.3 is 4.79 Å². The van der Waals surface area contributed by atoms with E-state index >= 15 is 0 Å². The first-order valence-electron chi connectivity index (χ1n) is 11.0. The molecule has 3 aromatic rings. The molecule has 0 amide bonds. The number of aldehydes is 1. The molecular formula is C25H27N3O2S. The fourth-order valence-electron chi connectivity index (χ4n) is 4.27. The topological polar surface area (TPSA) is 72.8 Å². The Balaban J connectivity index is 1.50. The van der Waals surface area contributed by atoms with Crippen molar-refractivity contribution in [3.8, 4) is 11.5 Å². The molecule has 3 aromatic heterocycles. The number of fused-ring (bicyclic) bond motifs is 1. The van der Waals surface area contributed by atoms with Gasteiger partial charge in [0.25, 0.3) is 0 Å². The minimum absolute atomic E-state index is 0.127. The molecule has 1 aliphatic rings. The van der Waals surface area contributed by atoms with Crippen LogP contribution in [0, 0.1) is 12.8 Å². The van der Waals surface area contributed by atoms with E-state index in [9.17, 15) is 9.59 Å². The second-order valence-corrected chi connectivity index (χ2v) is 9.10. The number of rotatable bonds is 8. The Morgan fingerprint density at radius 2 is 2.16 bits per heavy atom. The van der Waals surface area contributed by atoms with E-state index in [1.807, 2.05) is 30.5 Å². The number of nitrogens with zero attached hydrogens (tertiary/aromatic N) is 3. The van der Waals surface area contributed by atoms with Crippen LogP contribution in [-0.2, 0) is 4.79 Å². The lowest BCUT2D eigenvalue weighted by molar-refractivity contribution is -0.108. The van der Waals surface area contributed by atoms with Crippen LogP contribution in [0.25, 0.3) is 21.7 Å². The molecule has 1 atom stereocenters. The van der Waals surface area contributed by atoms with Gasteiger partial charge in [0, 0.05) is 24.4 Å². The fourth-order valence-corrected chi connectivity index (χ4v) is 5.23. The van der Waals surface area contributed by atoms with E-state index in [4.69, 9.17) is 4.98 Å². The van der Waals surface area contributed by atoms with Gasteiger partial charge in [-0.25, -0.2) is 9.97 Å². The van der Waals surface area contributed by atoms with Crippen molar-refractivity contribution in [3.05, 3.63) is 52.7 Å². The summed E-state index contributed by atoms with van der Waals surface area (Å²) in [6.07, 6.45) is 12.4. The van der Waals surface area contributed by atoms with E-state index < -0.39 is 0 Å². The number of carbonyl (C=O) groups is 2. The normalized spacial score (nSPS) is 16.7. The van der Waals surface area contributed by atoms with Crippen LogP contribution >= 0.6 is 11.3 Å². The summed E-state index contributed by atoms with van der Waals surface area (Å²) in [6, 6.07) is 5.66. The minimum atomic E-state index is 0.127. The van der Waals surface area contributed by atoms with E-state index in [0.717, 1.165) is 60.7 Å². The van der Waals surface area contributed by atoms with Crippen molar-refractivity contribution in [2.24, 2.45) is 5.92 Å². The van der Waals surface area contributed by atoms with Gasteiger partial charge in [-0.15, -0.1) is 11.3 Å².